The second-order valence-corrected chi connectivity index (χ2v) is 4.12. The molecule has 0 heterocycles. The molecule has 0 aliphatic carbocycles. The van der Waals surface area contributed by atoms with Gasteiger partial charge in [0.05, 0.1) is 0 Å². The molecule has 0 radical (unpaired) electrons. The van der Waals surface area contributed by atoms with E-state index in [1.165, 1.54) is 0 Å². The van der Waals surface area contributed by atoms with Crippen molar-refractivity contribution in [2.75, 3.05) is 0 Å². The van der Waals surface area contributed by atoms with E-state index in [1.54, 1.807) is 27.7 Å². The number of aliphatic hydroxyl groups excluding tert-OH is 2. The van der Waals surface area contributed by atoms with Gasteiger partial charge in [-0.2, -0.15) is 0 Å². The molecule has 0 unspecified atom stereocenters. The molecule has 0 saturated heterocycles. The van der Waals surface area contributed by atoms with Crippen molar-refractivity contribution in [3.63, 3.8) is 0 Å². The van der Waals surface area contributed by atoms with E-state index in [4.69, 9.17) is 30.6 Å². The second kappa shape index (κ2) is 22.8. The van der Waals surface area contributed by atoms with Gasteiger partial charge in [0.15, 0.2) is 0 Å². The van der Waals surface area contributed by atoms with E-state index < -0.39 is 36.7 Å². The van der Waals surface area contributed by atoms with Gasteiger partial charge in [-0.3, -0.25) is 19.2 Å². The second-order valence-electron chi connectivity index (χ2n) is 4.12. The van der Waals surface area contributed by atoms with Gasteiger partial charge in [-0.25, -0.2) is 0 Å². The first kappa shape index (κ1) is 33.2. The van der Waals surface area contributed by atoms with Gasteiger partial charge in [0.25, 0.3) is 0 Å². The van der Waals surface area contributed by atoms with Crippen LogP contribution in [0.15, 0.2) is 0 Å². The minimum absolute atomic E-state index is 0. The maximum Gasteiger partial charge on any atom is 0.314 e. The smallest absolute Gasteiger partial charge is 0.314 e. The van der Waals surface area contributed by atoms with E-state index >= 15 is 0 Å². The zero-order valence-corrected chi connectivity index (χ0v) is 14.9. The molecule has 0 spiro atoms. The summed E-state index contributed by atoms with van der Waals surface area (Å²) in [6.45, 7) is 6.89. The summed E-state index contributed by atoms with van der Waals surface area (Å²) >= 11 is 0. The van der Waals surface area contributed by atoms with E-state index in [-0.39, 0.29) is 33.9 Å². The Morgan fingerprint density at radius 2 is 0.696 bits per heavy atom. The zero-order chi connectivity index (χ0) is 18.9. The van der Waals surface area contributed by atoms with Gasteiger partial charge in [-0.15, -0.1) is 0 Å². The van der Waals surface area contributed by atoms with Crippen LogP contribution in [0.4, 0.5) is 0 Å². The Morgan fingerprint density at radius 3 is 0.696 bits per heavy atom. The van der Waals surface area contributed by atoms with Crippen molar-refractivity contribution in [3.8, 4) is 0 Å². The van der Waals surface area contributed by atoms with Crippen LogP contribution in [0.25, 0.3) is 0 Å². The fourth-order valence-corrected chi connectivity index (χ4v) is 0.259. The monoisotopic (exact) mass is 376 g/mol. The molecule has 23 heavy (non-hydrogen) atoms. The summed E-state index contributed by atoms with van der Waals surface area (Å²) < 4.78 is 0. The number of hydrogen-bond acceptors (Lipinski definition) is 6. The Labute approximate surface area is 148 Å². The molecule has 136 valence electrons. The maximum atomic E-state index is 9.43. The van der Waals surface area contributed by atoms with Crippen LogP contribution >= 0.6 is 0 Å². The summed E-state index contributed by atoms with van der Waals surface area (Å²) in [5.41, 5.74) is 0. The third-order valence-electron chi connectivity index (χ3n) is 0.605. The minimum atomic E-state index is -1.31. The maximum absolute atomic E-state index is 9.43. The molecule has 6 N–H and O–H groups in total. The summed E-state index contributed by atoms with van der Waals surface area (Å²) in [4.78, 5) is 37.7. The molecule has 0 aromatic carbocycles. The van der Waals surface area contributed by atoms with Gasteiger partial charge in [0, 0.05) is 33.9 Å². The number of carbonyl (C=O) groups is 4. The Morgan fingerprint density at radius 1 is 0.609 bits per heavy atom. The molecule has 0 aromatic heterocycles. The first-order valence-corrected chi connectivity index (χ1v) is 5.95. The number of rotatable bonds is 4. The van der Waals surface area contributed by atoms with Gasteiger partial charge in [0.2, 0.25) is 0 Å². The van der Waals surface area contributed by atoms with Crippen LogP contribution in [0.1, 0.15) is 40.5 Å². The van der Waals surface area contributed by atoms with E-state index in [1.807, 2.05) is 0 Å². The third kappa shape index (κ3) is 166. The first-order valence-electron chi connectivity index (χ1n) is 5.95. The van der Waals surface area contributed by atoms with Crippen LogP contribution in [0.2, 0.25) is 0 Å². The van der Waals surface area contributed by atoms with Crippen LogP contribution in [-0.2, 0) is 40.9 Å². The molecule has 10 nitrogen and oxygen atoms in total. The number of aliphatic carboxylic acids is 4. The van der Waals surface area contributed by atoms with Crippen LogP contribution in [0.3, 0.4) is 0 Å². The Balaban J connectivity index is -0.0000000639. The number of hydrogen-bond donors (Lipinski definition) is 6. The molecule has 0 bridgehead atoms. The van der Waals surface area contributed by atoms with Gasteiger partial charge >= 0.3 is 23.9 Å². The van der Waals surface area contributed by atoms with Crippen molar-refractivity contribution in [1.29, 1.82) is 0 Å². The largest absolute Gasteiger partial charge is 0.481 e. The molecule has 0 rings (SSSR count). The Hall–Kier alpha value is -1.49. The Kier molecular flexibility index (Phi) is 32.9. The molecule has 0 atom stereocenters. The molecule has 0 saturated carbocycles. The zero-order valence-electron chi connectivity index (χ0n) is 13.4. The van der Waals surface area contributed by atoms with Crippen molar-refractivity contribution in [2.24, 2.45) is 0 Å². The van der Waals surface area contributed by atoms with E-state index in [2.05, 4.69) is 0 Å². The number of carboxylic acids is 4. The Bertz CT molecular complexity index is 266. The van der Waals surface area contributed by atoms with Crippen molar-refractivity contribution < 1.29 is 71.5 Å². The van der Waals surface area contributed by atoms with Crippen LogP contribution in [0, 0.1) is 0 Å². The first-order chi connectivity index (χ1) is 9.72. The summed E-state index contributed by atoms with van der Waals surface area (Å²) in [6, 6.07) is 0. The van der Waals surface area contributed by atoms with Gasteiger partial charge in [-0.05, 0) is 27.7 Å². The van der Waals surface area contributed by atoms with Crippen molar-refractivity contribution in [2.45, 2.75) is 52.7 Å². The van der Waals surface area contributed by atoms with Crippen molar-refractivity contribution in [3.05, 3.63) is 0 Å². The molecule has 0 fully saturated rings. The predicted molar refractivity (Wildman–Crippen MR) is 74.5 cm³/mol. The van der Waals surface area contributed by atoms with Crippen LogP contribution in [-0.4, -0.2) is 66.7 Å². The minimum Gasteiger partial charge on any atom is -0.481 e. The molecule has 0 amide bonds. The summed E-state index contributed by atoms with van der Waals surface area (Å²) in [7, 11) is 0. The van der Waals surface area contributed by atoms with E-state index in [0.717, 1.165) is 0 Å². The predicted octanol–water partition coefficient (Wildman–Crippen LogP) is -0.137. The summed E-state index contributed by atoms with van der Waals surface area (Å²) in [6.07, 6.45) is -1.94. The third-order valence-corrected chi connectivity index (χ3v) is 0.605. The van der Waals surface area contributed by atoms with E-state index in [9.17, 15) is 19.2 Å². The van der Waals surface area contributed by atoms with Crippen LogP contribution in [0.5, 0.6) is 0 Å². The average Bonchev–Trinajstić information content (AvgIpc) is 2.10. The standard InChI is InChI=1S/2C3H4O4.2C3H8O.Ti/c2*4-2(5)1-3(6)7;2*1-3(2)4;/h2*1H2,(H,4,5)(H,6,7);2*3-4H,1-2H3;. The van der Waals surface area contributed by atoms with E-state index in [0.29, 0.717) is 0 Å². The van der Waals surface area contributed by atoms with Crippen molar-refractivity contribution in [1.82, 2.24) is 0 Å². The molecular weight excluding hydrogens is 352 g/mol. The van der Waals surface area contributed by atoms with Crippen LogP contribution < -0.4 is 0 Å². The normalized spacial score (nSPS) is 8.00. The fraction of sp³-hybridized carbons (Fsp3) is 0.667. The topological polar surface area (TPSA) is 190 Å². The fourth-order valence-electron chi connectivity index (χ4n) is 0.259. The molecular formula is C12H24O10Ti. The molecule has 0 aliphatic heterocycles. The van der Waals surface area contributed by atoms with Gasteiger partial charge in [-0.1, -0.05) is 0 Å². The van der Waals surface area contributed by atoms with Gasteiger partial charge in [0.1, 0.15) is 12.8 Å². The molecule has 0 aliphatic rings. The quantitative estimate of drug-likeness (QED) is 0.284. The molecule has 0 aromatic rings. The number of aliphatic hydroxyl groups is 2. The summed E-state index contributed by atoms with van der Waals surface area (Å²) in [5.74, 6) is -5.25. The van der Waals surface area contributed by atoms with Crippen molar-refractivity contribution >= 4 is 23.9 Å². The average molecular weight is 376 g/mol. The number of carboxylic acid groups (broad SMARTS) is 4. The SMILES string of the molecule is CC(C)O.CC(C)O.O=C(O)CC(=O)O.O=C(O)CC(=O)O.[Ti]. The van der Waals surface area contributed by atoms with Gasteiger partial charge < -0.3 is 30.6 Å². The molecule has 11 heteroatoms. The summed E-state index contributed by atoms with van der Waals surface area (Å²) in [5, 5.41) is 46.9.